The van der Waals surface area contributed by atoms with Gasteiger partial charge in [0.2, 0.25) is 0 Å². The molecule has 0 saturated carbocycles. The zero-order valence-corrected chi connectivity index (χ0v) is 20.5. The quantitative estimate of drug-likeness (QED) is 0.355. The molecule has 184 valence electrons. The molecule has 5 aromatic rings. The average Bonchev–Trinajstić information content (AvgIpc) is 3.37. The van der Waals surface area contributed by atoms with Gasteiger partial charge in [0.05, 0.1) is 29.8 Å². The Morgan fingerprint density at radius 3 is 2.57 bits per heavy atom. The Bertz CT molecular complexity index is 1580. The van der Waals surface area contributed by atoms with Gasteiger partial charge in [-0.2, -0.15) is 5.10 Å². The van der Waals surface area contributed by atoms with E-state index in [0.717, 1.165) is 64.3 Å². The zero-order chi connectivity index (χ0) is 24.9. The summed E-state index contributed by atoms with van der Waals surface area (Å²) in [6, 6.07) is 16.1. The Morgan fingerprint density at radius 1 is 0.919 bits per heavy atom. The van der Waals surface area contributed by atoms with Crippen LogP contribution in [0.1, 0.15) is 12.0 Å². The highest BCUT2D eigenvalue weighted by molar-refractivity contribution is 5.97. The van der Waals surface area contributed by atoms with Crippen LogP contribution in [0.4, 0.5) is 10.2 Å². The number of rotatable bonds is 5. The van der Waals surface area contributed by atoms with Crippen LogP contribution >= 0.6 is 0 Å². The van der Waals surface area contributed by atoms with Crippen molar-refractivity contribution in [3.63, 3.8) is 0 Å². The van der Waals surface area contributed by atoms with E-state index >= 15 is 0 Å². The minimum absolute atomic E-state index is 0.172. The van der Waals surface area contributed by atoms with E-state index in [1.54, 1.807) is 16.8 Å². The van der Waals surface area contributed by atoms with Crippen LogP contribution in [0.5, 0.6) is 0 Å². The Morgan fingerprint density at radius 2 is 1.81 bits per heavy atom. The molecule has 0 N–H and O–H groups in total. The topological polar surface area (TPSA) is 63.0 Å². The second kappa shape index (κ2) is 8.74. The summed E-state index contributed by atoms with van der Waals surface area (Å²) in [6.45, 7) is 2.60. The van der Waals surface area contributed by atoms with Crippen LogP contribution in [-0.2, 0) is 13.6 Å². The van der Waals surface area contributed by atoms with Crippen LogP contribution in [-0.4, -0.2) is 54.8 Å². The number of aromatic nitrogens is 5. The molecule has 2 bridgehead atoms. The first-order valence-electron chi connectivity index (χ1n) is 12.6. The Balaban J connectivity index is 1.13. The number of anilines is 1. The predicted octanol–water partition coefficient (Wildman–Crippen LogP) is 4.69. The molecule has 8 heteroatoms. The van der Waals surface area contributed by atoms with E-state index in [9.17, 15) is 4.39 Å². The van der Waals surface area contributed by atoms with Crippen LogP contribution in [0.15, 0.2) is 79.5 Å². The van der Waals surface area contributed by atoms with Crippen LogP contribution in [0.3, 0.4) is 0 Å². The number of piperazine rings is 1. The number of fused-ring (bicyclic) bond motifs is 3. The molecule has 0 radical (unpaired) electrons. The van der Waals surface area contributed by atoms with Crippen molar-refractivity contribution in [3.8, 4) is 22.4 Å². The summed E-state index contributed by atoms with van der Waals surface area (Å²) >= 11 is 0. The van der Waals surface area contributed by atoms with Crippen LogP contribution < -0.4 is 4.90 Å². The molecule has 0 spiro atoms. The van der Waals surface area contributed by atoms with Crippen molar-refractivity contribution in [3.05, 3.63) is 90.9 Å². The molecule has 3 aromatic heterocycles. The SMILES string of the molecule is Cn1cc(-c2cc(-c3cnc(N4CC5CC(C4)N5Cc4cccc(F)c4)cn3)c3cccnc3c2)cn1. The normalized spacial score (nSPS) is 19.2. The van der Waals surface area contributed by atoms with Gasteiger partial charge in [0.15, 0.2) is 0 Å². The summed E-state index contributed by atoms with van der Waals surface area (Å²) in [6.07, 6.45) is 10.6. The van der Waals surface area contributed by atoms with Crippen LogP contribution in [0.25, 0.3) is 33.3 Å². The molecule has 37 heavy (non-hydrogen) atoms. The highest BCUT2D eigenvalue weighted by Crippen LogP contribution is 2.36. The summed E-state index contributed by atoms with van der Waals surface area (Å²) in [5.74, 6) is 0.726. The van der Waals surface area contributed by atoms with E-state index in [2.05, 4.69) is 38.1 Å². The van der Waals surface area contributed by atoms with E-state index in [1.807, 2.05) is 50.2 Å². The van der Waals surface area contributed by atoms with Crippen molar-refractivity contribution in [1.29, 1.82) is 0 Å². The van der Waals surface area contributed by atoms with Gasteiger partial charge in [-0.3, -0.25) is 19.5 Å². The standard InChI is InChI=1S/C29H26FN7/c1-35-16-21(12-34-35)20-9-26(25-6-3-7-31-27(25)10-20)28-13-33-29(14-32-28)36-17-23-11-24(18-36)37(23)15-19-4-2-5-22(30)8-19/h2-10,12-14,16,23-24H,11,15,17-18H2,1H3. The number of nitrogens with zero attached hydrogens (tertiary/aromatic N) is 7. The first-order valence-corrected chi connectivity index (χ1v) is 12.6. The maximum Gasteiger partial charge on any atom is 0.147 e. The van der Waals surface area contributed by atoms with Crippen molar-refractivity contribution in [1.82, 2.24) is 29.6 Å². The fourth-order valence-corrected chi connectivity index (χ4v) is 5.73. The van der Waals surface area contributed by atoms with Gasteiger partial charge in [-0.25, -0.2) is 9.37 Å². The third-order valence-corrected chi connectivity index (χ3v) is 7.60. The molecule has 2 aromatic carbocycles. The highest BCUT2D eigenvalue weighted by Gasteiger charge is 2.44. The fraction of sp³-hybridized carbons (Fsp3) is 0.241. The molecule has 8 rings (SSSR count). The highest BCUT2D eigenvalue weighted by atomic mass is 19.1. The number of benzene rings is 2. The molecule has 3 saturated heterocycles. The lowest BCUT2D eigenvalue weighted by atomic mass is 9.87. The van der Waals surface area contributed by atoms with E-state index in [0.29, 0.717) is 12.1 Å². The number of halogens is 1. The number of hydrogen-bond acceptors (Lipinski definition) is 6. The van der Waals surface area contributed by atoms with Gasteiger partial charge in [0, 0.05) is 67.7 Å². The van der Waals surface area contributed by atoms with Gasteiger partial charge >= 0.3 is 0 Å². The monoisotopic (exact) mass is 491 g/mol. The van der Waals surface area contributed by atoms with Gasteiger partial charge in [-0.15, -0.1) is 0 Å². The largest absolute Gasteiger partial charge is 0.352 e. The van der Waals surface area contributed by atoms with Crippen molar-refractivity contribution in [2.24, 2.45) is 7.05 Å². The third kappa shape index (κ3) is 4.03. The lowest BCUT2D eigenvalue weighted by molar-refractivity contribution is -0.00876. The molecular formula is C29H26FN7. The molecule has 0 aliphatic carbocycles. The smallest absolute Gasteiger partial charge is 0.147 e. The minimum atomic E-state index is -0.172. The van der Waals surface area contributed by atoms with Gasteiger partial charge in [-0.05, 0) is 47.9 Å². The molecule has 3 aliphatic rings. The van der Waals surface area contributed by atoms with Crippen molar-refractivity contribution < 1.29 is 4.39 Å². The zero-order valence-electron chi connectivity index (χ0n) is 20.5. The summed E-state index contributed by atoms with van der Waals surface area (Å²) in [5, 5.41) is 5.37. The number of pyridine rings is 1. The molecule has 2 atom stereocenters. The Hall–Kier alpha value is -4.17. The lowest BCUT2D eigenvalue weighted by Gasteiger charge is -2.56. The summed E-state index contributed by atoms with van der Waals surface area (Å²) in [7, 11) is 1.92. The summed E-state index contributed by atoms with van der Waals surface area (Å²) in [5.41, 5.74) is 5.86. The van der Waals surface area contributed by atoms with Gasteiger partial charge in [0.25, 0.3) is 0 Å². The first kappa shape index (κ1) is 22.1. The molecule has 7 nitrogen and oxygen atoms in total. The molecule has 2 unspecified atom stereocenters. The maximum absolute atomic E-state index is 13.6. The van der Waals surface area contributed by atoms with E-state index in [-0.39, 0.29) is 5.82 Å². The molecule has 0 amide bonds. The van der Waals surface area contributed by atoms with E-state index in [1.165, 1.54) is 12.5 Å². The third-order valence-electron chi connectivity index (χ3n) is 7.60. The Kier molecular flexibility index (Phi) is 5.21. The van der Waals surface area contributed by atoms with Crippen molar-refractivity contribution in [2.75, 3.05) is 18.0 Å². The molecule has 3 aliphatic heterocycles. The van der Waals surface area contributed by atoms with Gasteiger partial charge in [0.1, 0.15) is 11.6 Å². The molecule has 3 fully saturated rings. The predicted molar refractivity (Wildman–Crippen MR) is 141 cm³/mol. The number of hydrogen-bond donors (Lipinski definition) is 0. The van der Waals surface area contributed by atoms with E-state index in [4.69, 9.17) is 9.97 Å². The van der Waals surface area contributed by atoms with Crippen LogP contribution in [0, 0.1) is 5.82 Å². The second-order valence-corrected chi connectivity index (χ2v) is 10.0. The van der Waals surface area contributed by atoms with E-state index < -0.39 is 0 Å². The molecule has 6 heterocycles. The first-order chi connectivity index (χ1) is 18.1. The number of aryl methyl sites for hydroxylation is 1. The fourth-order valence-electron chi connectivity index (χ4n) is 5.73. The Labute approximate surface area is 214 Å². The van der Waals surface area contributed by atoms with Gasteiger partial charge in [-0.1, -0.05) is 18.2 Å². The minimum Gasteiger partial charge on any atom is -0.352 e. The van der Waals surface area contributed by atoms with Crippen molar-refractivity contribution >= 4 is 16.7 Å². The lowest BCUT2D eigenvalue weighted by Crippen LogP contribution is -2.68. The molecular weight excluding hydrogens is 465 g/mol. The average molecular weight is 492 g/mol. The number of piperidine rings is 1. The summed E-state index contributed by atoms with van der Waals surface area (Å²) in [4.78, 5) is 19.1. The second-order valence-electron chi connectivity index (χ2n) is 10.0. The van der Waals surface area contributed by atoms with Crippen molar-refractivity contribution in [2.45, 2.75) is 25.0 Å². The van der Waals surface area contributed by atoms with Crippen LogP contribution in [0.2, 0.25) is 0 Å². The maximum atomic E-state index is 13.6. The van der Waals surface area contributed by atoms with Gasteiger partial charge < -0.3 is 4.90 Å². The summed E-state index contributed by atoms with van der Waals surface area (Å²) < 4.78 is 15.4.